The number of methoxy groups -OCH3 is 1. The van der Waals surface area contributed by atoms with Gasteiger partial charge < -0.3 is 15.0 Å². The number of aromatic nitrogens is 2. The Kier molecular flexibility index (Phi) is 4.93. The first-order valence-electron chi connectivity index (χ1n) is 7.25. The van der Waals surface area contributed by atoms with E-state index in [1.807, 2.05) is 6.92 Å². The third kappa shape index (κ3) is 3.76. The summed E-state index contributed by atoms with van der Waals surface area (Å²) in [5.74, 6) is 1.70. The first-order valence-corrected chi connectivity index (χ1v) is 7.25. The van der Waals surface area contributed by atoms with Crippen molar-refractivity contribution < 1.29 is 9.26 Å². The van der Waals surface area contributed by atoms with Gasteiger partial charge in [-0.05, 0) is 19.8 Å². The van der Waals surface area contributed by atoms with Crippen molar-refractivity contribution in [1.82, 2.24) is 10.1 Å². The van der Waals surface area contributed by atoms with Crippen LogP contribution in [-0.2, 0) is 10.3 Å². The average molecular weight is 267 g/mol. The third-order valence-corrected chi connectivity index (χ3v) is 3.85. The molecule has 1 saturated carbocycles. The molecule has 1 unspecified atom stereocenters. The van der Waals surface area contributed by atoms with Gasteiger partial charge in [0.25, 0.3) is 0 Å². The van der Waals surface area contributed by atoms with E-state index in [9.17, 15) is 0 Å². The maximum Gasteiger partial charge on any atom is 0.229 e. The van der Waals surface area contributed by atoms with Gasteiger partial charge in [0.1, 0.15) is 5.54 Å². The lowest BCUT2D eigenvalue weighted by molar-refractivity contribution is 0.135. The summed E-state index contributed by atoms with van der Waals surface area (Å²) in [6.07, 6.45) is 8.78. The van der Waals surface area contributed by atoms with Gasteiger partial charge in [-0.25, -0.2) is 0 Å². The van der Waals surface area contributed by atoms with E-state index < -0.39 is 5.54 Å². The SMILES string of the molecule is COCC(C)(N)c1noc(C2CCCCCCC2)n1. The first-order chi connectivity index (χ1) is 9.13. The predicted octanol–water partition coefficient (Wildman–Crippen LogP) is 2.72. The number of rotatable bonds is 4. The van der Waals surface area contributed by atoms with Gasteiger partial charge in [-0.1, -0.05) is 37.3 Å². The Morgan fingerprint density at radius 1 is 1.26 bits per heavy atom. The topological polar surface area (TPSA) is 74.2 Å². The zero-order valence-electron chi connectivity index (χ0n) is 12.0. The Balaban J connectivity index is 2.06. The molecule has 1 aromatic heterocycles. The monoisotopic (exact) mass is 267 g/mol. The van der Waals surface area contributed by atoms with Gasteiger partial charge in [-0.2, -0.15) is 4.98 Å². The summed E-state index contributed by atoms with van der Waals surface area (Å²) < 4.78 is 10.5. The predicted molar refractivity (Wildman–Crippen MR) is 72.8 cm³/mol. The molecule has 0 aromatic carbocycles. The second kappa shape index (κ2) is 6.48. The fraction of sp³-hybridized carbons (Fsp3) is 0.857. The van der Waals surface area contributed by atoms with E-state index in [0.717, 1.165) is 18.7 Å². The second-order valence-corrected chi connectivity index (χ2v) is 5.85. The smallest absolute Gasteiger partial charge is 0.229 e. The minimum absolute atomic E-state index is 0.386. The van der Waals surface area contributed by atoms with Crippen LogP contribution in [-0.4, -0.2) is 23.9 Å². The molecule has 5 heteroatoms. The van der Waals surface area contributed by atoms with Crippen LogP contribution in [0, 0.1) is 0 Å². The number of nitrogens with two attached hydrogens (primary N) is 1. The van der Waals surface area contributed by atoms with Crippen molar-refractivity contribution in [2.45, 2.75) is 63.3 Å². The Morgan fingerprint density at radius 2 is 1.89 bits per heavy atom. The van der Waals surface area contributed by atoms with Crippen molar-refractivity contribution in [1.29, 1.82) is 0 Å². The fourth-order valence-electron chi connectivity index (χ4n) is 2.70. The van der Waals surface area contributed by atoms with Crippen LogP contribution in [0.4, 0.5) is 0 Å². The number of hydrogen-bond acceptors (Lipinski definition) is 5. The van der Waals surface area contributed by atoms with Crippen LogP contribution in [0.5, 0.6) is 0 Å². The van der Waals surface area contributed by atoms with Crippen molar-refractivity contribution >= 4 is 0 Å². The molecule has 1 aromatic rings. The fourth-order valence-corrected chi connectivity index (χ4v) is 2.70. The molecular formula is C14H25N3O2. The number of hydrogen-bond donors (Lipinski definition) is 1. The highest BCUT2D eigenvalue weighted by Crippen LogP contribution is 2.30. The van der Waals surface area contributed by atoms with Crippen molar-refractivity contribution in [2.24, 2.45) is 5.73 Å². The lowest BCUT2D eigenvalue weighted by Crippen LogP contribution is -2.39. The van der Waals surface area contributed by atoms with Crippen LogP contribution >= 0.6 is 0 Å². The van der Waals surface area contributed by atoms with Crippen LogP contribution in [0.25, 0.3) is 0 Å². The van der Waals surface area contributed by atoms with Crippen LogP contribution in [0.15, 0.2) is 4.52 Å². The molecule has 1 atom stereocenters. The molecule has 0 aliphatic heterocycles. The maximum absolute atomic E-state index is 6.14. The first kappa shape index (κ1) is 14.5. The molecule has 19 heavy (non-hydrogen) atoms. The Morgan fingerprint density at radius 3 is 2.53 bits per heavy atom. The second-order valence-electron chi connectivity index (χ2n) is 5.85. The molecule has 0 bridgehead atoms. The highest BCUT2D eigenvalue weighted by molar-refractivity contribution is 5.04. The van der Waals surface area contributed by atoms with Crippen LogP contribution < -0.4 is 5.73 Å². The summed E-state index contributed by atoms with van der Waals surface area (Å²) in [6.45, 7) is 2.25. The third-order valence-electron chi connectivity index (χ3n) is 3.85. The van der Waals surface area contributed by atoms with Crippen LogP contribution in [0.3, 0.4) is 0 Å². The van der Waals surface area contributed by atoms with Crippen molar-refractivity contribution in [3.05, 3.63) is 11.7 Å². The molecule has 0 amide bonds. The van der Waals surface area contributed by atoms with E-state index in [1.165, 1.54) is 32.1 Å². The van der Waals surface area contributed by atoms with E-state index >= 15 is 0 Å². The normalized spacial score (nSPS) is 21.6. The van der Waals surface area contributed by atoms with Gasteiger partial charge in [0, 0.05) is 13.0 Å². The van der Waals surface area contributed by atoms with Crippen molar-refractivity contribution in [3.63, 3.8) is 0 Å². The summed E-state index contributed by atoms with van der Waals surface area (Å²) in [5.41, 5.74) is 5.45. The minimum atomic E-state index is -0.682. The quantitative estimate of drug-likeness (QED) is 0.908. The molecule has 0 radical (unpaired) electrons. The zero-order chi connectivity index (χ0) is 13.7. The molecule has 0 saturated heterocycles. The van der Waals surface area contributed by atoms with E-state index in [1.54, 1.807) is 7.11 Å². The van der Waals surface area contributed by atoms with Crippen LogP contribution in [0.1, 0.15) is 69.5 Å². The van der Waals surface area contributed by atoms with E-state index in [2.05, 4.69) is 10.1 Å². The minimum Gasteiger partial charge on any atom is -0.382 e. The van der Waals surface area contributed by atoms with E-state index in [4.69, 9.17) is 15.0 Å². The molecule has 1 fully saturated rings. The molecule has 1 aliphatic rings. The molecule has 5 nitrogen and oxygen atoms in total. The van der Waals surface area contributed by atoms with Gasteiger partial charge in [0.15, 0.2) is 5.82 Å². The van der Waals surface area contributed by atoms with Crippen molar-refractivity contribution in [3.8, 4) is 0 Å². The summed E-state index contributed by atoms with van der Waals surface area (Å²) in [5, 5.41) is 4.04. The average Bonchev–Trinajstić information content (AvgIpc) is 2.78. The number of ether oxygens (including phenoxy) is 1. The molecule has 1 aliphatic carbocycles. The summed E-state index contributed by atoms with van der Waals surface area (Å²) >= 11 is 0. The van der Waals surface area contributed by atoms with Crippen LogP contribution in [0.2, 0.25) is 0 Å². The number of nitrogens with zero attached hydrogens (tertiary/aromatic N) is 2. The molecular weight excluding hydrogens is 242 g/mol. The summed E-state index contributed by atoms with van der Waals surface area (Å²) in [4.78, 5) is 4.51. The Labute approximate surface area is 114 Å². The maximum atomic E-state index is 6.14. The Bertz CT molecular complexity index is 382. The van der Waals surface area contributed by atoms with Gasteiger partial charge in [0.05, 0.1) is 6.61 Å². The van der Waals surface area contributed by atoms with Gasteiger partial charge >= 0.3 is 0 Å². The summed E-state index contributed by atoms with van der Waals surface area (Å²) in [6, 6.07) is 0. The molecule has 108 valence electrons. The standard InChI is InChI=1S/C14H25N3O2/c1-14(15,10-18-2)13-16-12(19-17-13)11-8-6-4-3-5-7-9-11/h11H,3-10,15H2,1-2H3. The lowest BCUT2D eigenvalue weighted by atomic mass is 9.91. The van der Waals surface area contributed by atoms with Gasteiger partial charge in [0.2, 0.25) is 5.89 Å². The van der Waals surface area contributed by atoms with E-state index in [0.29, 0.717) is 18.3 Å². The Hall–Kier alpha value is -0.940. The molecule has 0 spiro atoms. The molecule has 2 N–H and O–H groups in total. The lowest BCUT2D eigenvalue weighted by Gasteiger charge is -2.19. The highest BCUT2D eigenvalue weighted by Gasteiger charge is 2.29. The highest BCUT2D eigenvalue weighted by atomic mass is 16.5. The zero-order valence-corrected chi connectivity index (χ0v) is 12.0. The largest absolute Gasteiger partial charge is 0.382 e. The van der Waals surface area contributed by atoms with Gasteiger partial charge in [-0.3, -0.25) is 0 Å². The molecule has 2 rings (SSSR count). The van der Waals surface area contributed by atoms with Crippen molar-refractivity contribution in [2.75, 3.05) is 13.7 Å². The van der Waals surface area contributed by atoms with E-state index in [-0.39, 0.29) is 0 Å². The summed E-state index contributed by atoms with van der Waals surface area (Å²) in [7, 11) is 1.63. The van der Waals surface area contributed by atoms with Gasteiger partial charge in [-0.15, -0.1) is 0 Å². The molecule has 1 heterocycles.